The number of aromatic nitrogens is 2. The van der Waals surface area contributed by atoms with Gasteiger partial charge in [0, 0.05) is 26.2 Å². The van der Waals surface area contributed by atoms with E-state index >= 15 is 0 Å². The van der Waals surface area contributed by atoms with Crippen molar-refractivity contribution >= 4 is 22.4 Å². The number of likely N-dealkylation sites (N-methyl/N-ethyl adjacent to an activating group) is 1. The Morgan fingerprint density at radius 3 is 2.95 bits per heavy atom. The fourth-order valence-electron chi connectivity index (χ4n) is 2.34. The molecule has 6 nitrogen and oxygen atoms in total. The largest absolute Gasteiger partial charge is 0.381 e. The lowest BCUT2D eigenvalue weighted by atomic mass is 10.1. The number of hydrogen-bond acceptors (Lipinski definition) is 6. The topological polar surface area (TPSA) is 64.6 Å². The Morgan fingerprint density at radius 1 is 1.37 bits per heavy atom. The number of anilines is 1. The van der Waals surface area contributed by atoms with Crippen molar-refractivity contribution in [3.63, 3.8) is 0 Å². The summed E-state index contributed by atoms with van der Waals surface area (Å²) in [6.45, 7) is 2.16. The second kappa shape index (κ2) is 5.52. The number of carbonyl (C=O) groups excluding carboxylic acids is 1. The summed E-state index contributed by atoms with van der Waals surface area (Å²) >= 11 is 1.47. The third kappa shape index (κ3) is 2.63. The van der Waals surface area contributed by atoms with Crippen LogP contribution in [0, 0.1) is 0 Å². The summed E-state index contributed by atoms with van der Waals surface area (Å²) < 4.78 is 10.8. The van der Waals surface area contributed by atoms with E-state index in [-0.39, 0.29) is 12.0 Å². The molecule has 0 aromatic carbocycles. The summed E-state index contributed by atoms with van der Waals surface area (Å²) in [5.41, 5.74) is 0. The predicted octanol–water partition coefficient (Wildman–Crippen LogP) is 1.18. The molecule has 7 heteroatoms. The Hall–Kier alpha value is -1.05. The Balaban J connectivity index is 1.69. The van der Waals surface area contributed by atoms with Gasteiger partial charge in [-0.3, -0.25) is 9.69 Å². The van der Waals surface area contributed by atoms with E-state index in [4.69, 9.17) is 9.47 Å². The molecule has 0 spiro atoms. The van der Waals surface area contributed by atoms with Crippen LogP contribution < -0.4 is 4.90 Å². The van der Waals surface area contributed by atoms with Gasteiger partial charge in [0.1, 0.15) is 11.1 Å². The Labute approximate surface area is 115 Å². The third-order valence-corrected chi connectivity index (χ3v) is 4.69. The Morgan fingerprint density at radius 2 is 2.26 bits per heavy atom. The van der Waals surface area contributed by atoms with Crippen LogP contribution in [0.5, 0.6) is 0 Å². The average Bonchev–Trinajstić information content (AvgIpc) is 3.16. The first kappa shape index (κ1) is 13.0. The lowest BCUT2D eigenvalue weighted by molar-refractivity contribution is -0.127. The van der Waals surface area contributed by atoms with E-state index in [1.54, 1.807) is 11.9 Å². The van der Waals surface area contributed by atoms with Gasteiger partial charge in [-0.25, -0.2) is 0 Å². The lowest BCUT2D eigenvalue weighted by Gasteiger charge is -2.17. The highest BCUT2D eigenvalue weighted by molar-refractivity contribution is 7.15. The van der Waals surface area contributed by atoms with Gasteiger partial charge in [-0.15, -0.1) is 10.2 Å². The molecule has 0 saturated carbocycles. The molecule has 1 aromatic rings. The first-order valence-electron chi connectivity index (χ1n) is 6.56. The van der Waals surface area contributed by atoms with E-state index in [1.807, 2.05) is 0 Å². The van der Waals surface area contributed by atoms with Crippen molar-refractivity contribution < 1.29 is 14.3 Å². The van der Waals surface area contributed by atoms with Crippen LogP contribution in [0.3, 0.4) is 0 Å². The molecule has 0 N–H and O–H groups in total. The van der Waals surface area contributed by atoms with Gasteiger partial charge in [0.25, 0.3) is 5.91 Å². The van der Waals surface area contributed by atoms with Crippen molar-refractivity contribution in [1.29, 1.82) is 0 Å². The molecule has 2 aliphatic heterocycles. The first-order chi connectivity index (χ1) is 9.25. The highest BCUT2D eigenvalue weighted by Crippen LogP contribution is 2.31. The normalized spacial score (nSPS) is 26.8. The zero-order valence-electron chi connectivity index (χ0n) is 10.9. The van der Waals surface area contributed by atoms with Crippen molar-refractivity contribution in [1.82, 2.24) is 10.2 Å². The molecule has 2 atom stereocenters. The van der Waals surface area contributed by atoms with Crippen LogP contribution >= 0.6 is 11.3 Å². The molecule has 1 aromatic heterocycles. The molecule has 3 heterocycles. The number of carbonyl (C=O) groups is 1. The molecule has 104 valence electrons. The summed E-state index contributed by atoms with van der Waals surface area (Å²) in [5, 5.41) is 9.90. The van der Waals surface area contributed by atoms with Crippen molar-refractivity contribution in [2.24, 2.45) is 0 Å². The number of hydrogen-bond donors (Lipinski definition) is 0. The van der Waals surface area contributed by atoms with Crippen LogP contribution in [-0.2, 0) is 14.3 Å². The minimum atomic E-state index is -0.313. The molecule has 2 fully saturated rings. The van der Waals surface area contributed by atoms with E-state index in [0.29, 0.717) is 24.3 Å². The molecule has 2 aliphatic rings. The van der Waals surface area contributed by atoms with Gasteiger partial charge in [0.05, 0.1) is 6.61 Å². The molecule has 19 heavy (non-hydrogen) atoms. The van der Waals surface area contributed by atoms with E-state index in [0.717, 1.165) is 30.9 Å². The summed E-state index contributed by atoms with van der Waals surface area (Å²) in [4.78, 5) is 13.8. The van der Waals surface area contributed by atoms with Crippen molar-refractivity contribution in [3.8, 4) is 0 Å². The summed E-state index contributed by atoms with van der Waals surface area (Å²) in [7, 11) is 1.74. The standard InChI is InChI=1S/C12H17N3O3S/c1-15(11(16)9-3-2-5-18-9)12-14-13-10(19-12)8-4-6-17-7-8/h8-9H,2-7H2,1H3/t8-,9+/m1/s1. The average molecular weight is 283 g/mol. The molecular weight excluding hydrogens is 266 g/mol. The third-order valence-electron chi connectivity index (χ3n) is 3.53. The lowest BCUT2D eigenvalue weighted by Crippen LogP contribution is -2.35. The fraction of sp³-hybridized carbons (Fsp3) is 0.750. The van der Waals surface area contributed by atoms with E-state index in [1.165, 1.54) is 11.3 Å². The SMILES string of the molecule is CN(C(=O)[C@@H]1CCCO1)c1nnc([C@@H]2CCOC2)s1. The first-order valence-corrected chi connectivity index (χ1v) is 7.37. The molecule has 3 rings (SSSR count). The van der Waals surface area contributed by atoms with Crippen LogP contribution in [0.2, 0.25) is 0 Å². The summed E-state index contributed by atoms with van der Waals surface area (Å²) in [6, 6.07) is 0. The predicted molar refractivity (Wildman–Crippen MR) is 70.5 cm³/mol. The molecule has 0 bridgehead atoms. The number of amides is 1. The van der Waals surface area contributed by atoms with Gasteiger partial charge in [-0.2, -0.15) is 0 Å². The van der Waals surface area contributed by atoms with E-state index in [9.17, 15) is 4.79 Å². The van der Waals surface area contributed by atoms with Gasteiger partial charge in [0.2, 0.25) is 5.13 Å². The minimum Gasteiger partial charge on any atom is -0.381 e. The van der Waals surface area contributed by atoms with Crippen LogP contribution in [0.15, 0.2) is 0 Å². The zero-order valence-corrected chi connectivity index (χ0v) is 11.7. The van der Waals surface area contributed by atoms with Gasteiger partial charge < -0.3 is 9.47 Å². The summed E-state index contributed by atoms with van der Waals surface area (Å²) in [5.74, 6) is 0.306. The maximum Gasteiger partial charge on any atom is 0.257 e. The fourth-order valence-corrected chi connectivity index (χ4v) is 3.27. The second-order valence-corrected chi connectivity index (χ2v) is 5.87. The summed E-state index contributed by atoms with van der Waals surface area (Å²) in [6.07, 6.45) is 2.42. The zero-order chi connectivity index (χ0) is 13.2. The van der Waals surface area contributed by atoms with Gasteiger partial charge >= 0.3 is 0 Å². The molecule has 0 radical (unpaired) electrons. The van der Waals surface area contributed by atoms with Crippen molar-refractivity contribution in [2.75, 3.05) is 31.8 Å². The minimum absolute atomic E-state index is 0.0251. The second-order valence-electron chi connectivity index (χ2n) is 4.88. The quantitative estimate of drug-likeness (QED) is 0.833. The Kier molecular flexibility index (Phi) is 3.76. The van der Waals surface area contributed by atoms with Crippen LogP contribution in [0.4, 0.5) is 5.13 Å². The van der Waals surface area contributed by atoms with Gasteiger partial charge in [0.15, 0.2) is 0 Å². The number of rotatable bonds is 3. The molecule has 1 amide bonds. The molecular formula is C12H17N3O3S. The molecule has 0 unspecified atom stereocenters. The molecule has 0 aliphatic carbocycles. The highest BCUT2D eigenvalue weighted by Gasteiger charge is 2.29. The van der Waals surface area contributed by atoms with E-state index < -0.39 is 0 Å². The number of nitrogens with zero attached hydrogens (tertiary/aromatic N) is 3. The highest BCUT2D eigenvalue weighted by atomic mass is 32.1. The van der Waals surface area contributed by atoms with Crippen molar-refractivity contribution in [3.05, 3.63) is 5.01 Å². The molecule has 2 saturated heterocycles. The maximum absolute atomic E-state index is 12.2. The van der Waals surface area contributed by atoms with E-state index in [2.05, 4.69) is 10.2 Å². The monoisotopic (exact) mass is 283 g/mol. The maximum atomic E-state index is 12.2. The Bertz CT molecular complexity index is 453. The van der Waals surface area contributed by atoms with Gasteiger partial charge in [-0.05, 0) is 19.3 Å². The van der Waals surface area contributed by atoms with Crippen LogP contribution in [0.1, 0.15) is 30.2 Å². The van der Waals surface area contributed by atoms with Crippen molar-refractivity contribution in [2.45, 2.75) is 31.3 Å². The number of ether oxygens (including phenoxy) is 2. The van der Waals surface area contributed by atoms with Crippen LogP contribution in [-0.4, -0.2) is 49.1 Å². The van der Waals surface area contributed by atoms with Gasteiger partial charge in [-0.1, -0.05) is 11.3 Å². The smallest absolute Gasteiger partial charge is 0.257 e. The van der Waals surface area contributed by atoms with Crippen LogP contribution in [0.25, 0.3) is 0 Å².